The first-order valence-corrected chi connectivity index (χ1v) is 4.20. The van der Waals surface area contributed by atoms with E-state index in [2.05, 4.69) is 0 Å². The van der Waals surface area contributed by atoms with Crippen molar-refractivity contribution in [3.8, 4) is 0 Å². The van der Waals surface area contributed by atoms with Gasteiger partial charge in [-0.05, 0) is 17.7 Å². The maximum Gasteiger partial charge on any atom is 0.189 e. The Hall–Kier alpha value is -1.02. The van der Waals surface area contributed by atoms with E-state index in [4.69, 9.17) is 16.3 Å². The topological polar surface area (TPSA) is 26.3 Å². The Morgan fingerprint density at radius 3 is 3.17 bits per heavy atom. The van der Waals surface area contributed by atoms with Gasteiger partial charge in [-0.25, -0.2) is 0 Å². The fraction of sp³-hybridized carbons (Fsp3) is 0.222. The molecule has 0 atom stereocenters. The van der Waals surface area contributed by atoms with Gasteiger partial charge in [-0.15, -0.1) is 11.6 Å². The Balaban J connectivity index is 2.48. The van der Waals surface area contributed by atoms with Gasteiger partial charge in [0, 0.05) is 5.88 Å². The van der Waals surface area contributed by atoms with Gasteiger partial charge in [0.15, 0.2) is 5.78 Å². The van der Waals surface area contributed by atoms with Crippen LogP contribution in [0.4, 0.5) is 0 Å². The number of rotatable bonds is 1. The van der Waals surface area contributed by atoms with Gasteiger partial charge in [0.2, 0.25) is 0 Å². The Kier molecular flexibility index (Phi) is 1.77. The predicted molar refractivity (Wildman–Crippen MR) is 45.9 cm³/mol. The normalized spacial score (nSPS) is 20.8. The molecule has 0 spiro atoms. The van der Waals surface area contributed by atoms with E-state index in [9.17, 15) is 4.79 Å². The summed E-state index contributed by atoms with van der Waals surface area (Å²) in [5.74, 6) is 1.03. The van der Waals surface area contributed by atoms with Gasteiger partial charge in [-0.3, -0.25) is 4.79 Å². The van der Waals surface area contributed by atoms with E-state index in [0.29, 0.717) is 23.8 Å². The molecule has 0 aromatic rings. The number of carbonyl (C=O) groups is 1. The molecule has 0 saturated heterocycles. The largest absolute Gasteiger partial charge is 0.488 e. The highest BCUT2D eigenvalue weighted by atomic mass is 35.5. The summed E-state index contributed by atoms with van der Waals surface area (Å²) in [4.78, 5) is 11.3. The van der Waals surface area contributed by atoms with Crippen LogP contribution in [0.25, 0.3) is 0 Å². The van der Waals surface area contributed by atoms with Crippen molar-refractivity contribution in [2.24, 2.45) is 0 Å². The first-order chi connectivity index (χ1) is 5.83. The summed E-state index contributed by atoms with van der Waals surface area (Å²) in [6.07, 6.45) is 5.01. The molecule has 0 aromatic carbocycles. The highest BCUT2D eigenvalue weighted by Crippen LogP contribution is 2.28. The molecule has 0 bridgehead atoms. The monoisotopic (exact) mass is 182 g/mol. The second-order valence-electron chi connectivity index (χ2n) is 2.66. The fourth-order valence-electron chi connectivity index (χ4n) is 1.32. The van der Waals surface area contributed by atoms with E-state index in [1.807, 2.05) is 0 Å². The molecule has 2 nitrogen and oxygen atoms in total. The van der Waals surface area contributed by atoms with E-state index in [0.717, 1.165) is 5.57 Å². The van der Waals surface area contributed by atoms with E-state index in [1.165, 1.54) is 6.08 Å². The summed E-state index contributed by atoms with van der Waals surface area (Å²) in [6.45, 7) is 0.456. The third-order valence-corrected chi connectivity index (χ3v) is 2.23. The van der Waals surface area contributed by atoms with E-state index < -0.39 is 0 Å². The van der Waals surface area contributed by atoms with Crippen LogP contribution in [-0.2, 0) is 9.53 Å². The minimum atomic E-state index is 0.000602. The molecule has 2 rings (SSSR count). The van der Waals surface area contributed by atoms with Crippen LogP contribution in [-0.4, -0.2) is 18.3 Å². The number of alkyl halides is 1. The molecule has 1 aliphatic heterocycles. The van der Waals surface area contributed by atoms with Crippen molar-refractivity contribution < 1.29 is 9.53 Å². The Bertz CT molecular complexity index is 323. The van der Waals surface area contributed by atoms with Crippen molar-refractivity contribution in [3.63, 3.8) is 0 Å². The zero-order valence-electron chi connectivity index (χ0n) is 6.34. The maximum absolute atomic E-state index is 11.3. The average molecular weight is 183 g/mol. The number of halogens is 1. The number of hydrogen-bond donors (Lipinski definition) is 0. The van der Waals surface area contributed by atoms with Crippen LogP contribution < -0.4 is 0 Å². The summed E-state index contributed by atoms with van der Waals surface area (Å²) in [5.41, 5.74) is 1.55. The molecule has 1 aliphatic carbocycles. The van der Waals surface area contributed by atoms with E-state index in [1.54, 1.807) is 12.2 Å². The van der Waals surface area contributed by atoms with Crippen LogP contribution in [0.15, 0.2) is 35.1 Å². The van der Waals surface area contributed by atoms with Crippen LogP contribution in [0.3, 0.4) is 0 Å². The molecule has 0 fully saturated rings. The SMILES string of the molecule is O=C1C=CC=C2OCC(CCl)=C12. The molecule has 62 valence electrons. The third kappa shape index (κ3) is 0.994. The first kappa shape index (κ1) is 7.62. The quantitative estimate of drug-likeness (QED) is 0.576. The Labute approximate surface area is 75.2 Å². The van der Waals surface area contributed by atoms with Crippen molar-refractivity contribution in [2.45, 2.75) is 0 Å². The summed E-state index contributed by atoms with van der Waals surface area (Å²) in [6, 6.07) is 0. The zero-order valence-corrected chi connectivity index (χ0v) is 7.10. The van der Waals surface area contributed by atoms with Crippen molar-refractivity contribution >= 4 is 17.4 Å². The number of ether oxygens (including phenoxy) is 1. The summed E-state index contributed by atoms with van der Waals surface area (Å²) < 4.78 is 5.26. The minimum absolute atomic E-state index is 0.000602. The molecular weight excluding hydrogens is 176 g/mol. The Morgan fingerprint density at radius 1 is 1.58 bits per heavy atom. The number of hydrogen-bond acceptors (Lipinski definition) is 2. The number of ketones is 1. The molecule has 0 saturated carbocycles. The summed E-state index contributed by atoms with van der Waals surface area (Å²) >= 11 is 5.65. The van der Waals surface area contributed by atoms with Gasteiger partial charge in [-0.1, -0.05) is 6.08 Å². The molecule has 0 aromatic heterocycles. The maximum atomic E-state index is 11.3. The standard InChI is InChI=1S/C9H7ClO2/c10-4-6-5-12-8-3-1-2-7(11)9(6)8/h1-3H,4-5H2. The lowest BCUT2D eigenvalue weighted by molar-refractivity contribution is -0.111. The van der Waals surface area contributed by atoms with Gasteiger partial charge >= 0.3 is 0 Å². The van der Waals surface area contributed by atoms with Crippen LogP contribution in [0.5, 0.6) is 0 Å². The summed E-state index contributed by atoms with van der Waals surface area (Å²) in [7, 11) is 0. The predicted octanol–water partition coefficient (Wildman–Crippen LogP) is 1.57. The van der Waals surface area contributed by atoms with E-state index >= 15 is 0 Å². The van der Waals surface area contributed by atoms with Crippen LogP contribution in [0, 0.1) is 0 Å². The van der Waals surface area contributed by atoms with Crippen molar-refractivity contribution in [1.82, 2.24) is 0 Å². The molecule has 0 radical (unpaired) electrons. The van der Waals surface area contributed by atoms with Crippen LogP contribution >= 0.6 is 11.6 Å². The third-order valence-electron chi connectivity index (χ3n) is 1.90. The zero-order chi connectivity index (χ0) is 8.55. The van der Waals surface area contributed by atoms with Gasteiger partial charge < -0.3 is 4.74 Å². The lowest BCUT2D eigenvalue weighted by Crippen LogP contribution is -2.04. The highest BCUT2D eigenvalue weighted by Gasteiger charge is 2.26. The average Bonchev–Trinajstić information content (AvgIpc) is 2.49. The Morgan fingerprint density at radius 2 is 2.42 bits per heavy atom. The molecule has 3 heteroatoms. The number of carbonyl (C=O) groups excluding carboxylic acids is 1. The van der Waals surface area contributed by atoms with Crippen molar-refractivity contribution in [1.29, 1.82) is 0 Å². The number of allylic oxidation sites excluding steroid dienone is 4. The molecule has 0 unspecified atom stereocenters. The van der Waals surface area contributed by atoms with Gasteiger partial charge in [0.1, 0.15) is 12.4 Å². The molecule has 2 aliphatic rings. The van der Waals surface area contributed by atoms with Crippen LogP contribution in [0.2, 0.25) is 0 Å². The first-order valence-electron chi connectivity index (χ1n) is 3.67. The highest BCUT2D eigenvalue weighted by molar-refractivity contribution is 6.21. The summed E-state index contributed by atoms with van der Waals surface area (Å²) in [5, 5.41) is 0. The van der Waals surface area contributed by atoms with Crippen LogP contribution in [0.1, 0.15) is 0 Å². The minimum Gasteiger partial charge on any atom is -0.488 e. The number of fused-ring (bicyclic) bond motifs is 1. The molecule has 12 heavy (non-hydrogen) atoms. The van der Waals surface area contributed by atoms with Crippen molar-refractivity contribution in [3.05, 3.63) is 35.1 Å². The smallest absolute Gasteiger partial charge is 0.189 e. The van der Waals surface area contributed by atoms with Gasteiger partial charge in [0.05, 0.1) is 5.57 Å². The molecule has 1 heterocycles. The van der Waals surface area contributed by atoms with Gasteiger partial charge in [0.25, 0.3) is 0 Å². The second-order valence-corrected chi connectivity index (χ2v) is 2.92. The molecule has 0 N–H and O–H groups in total. The lowest BCUT2D eigenvalue weighted by Gasteiger charge is -2.04. The molecule has 0 amide bonds. The lowest BCUT2D eigenvalue weighted by atomic mass is 10.0. The van der Waals surface area contributed by atoms with Gasteiger partial charge in [-0.2, -0.15) is 0 Å². The molecular formula is C9H7ClO2. The van der Waals surface area contributed by atoms with Crippen molar-refractivity contribution in [2.75, 3.05) is 12.5 Å². The fourth-order valence-corrected chi connectivity index (χ4v) is 1.53. The second kappa shape index (κ2) is 2.79. The van der Waals surface area contributed by atoms with E-state index in [-0.39, 0.29) is 5.78 Å².